The molecule has 0 radical (unpaired) electrons. The summed E-state index contributed by atoms with van der Waals surface area (Å²) in [5.41, 5.74) is 3.36. The van der Waals surface area contributed by atoms with Gasteiger partial charge in [0.25, 0.3) is 0 Å². The van der Waals surface area contributed by atoms with Crippen LogP contribution in [-0.2, 0) is 0 Å². The van der Waals surface area contributed by atoms with E-state index in [4.69, 9.17) is 12.2 Å². The Hall–Kier alpha value is -2.46. The summed E-state index contributed by atoms with van der Waals surface area (Å²) < 4.78 is 0. The number of fused-ring (bicyclic) bond motifs is 1. The van der Waals surface area contributed by atoms with E-state index in [9.17, 15) is 0 Å². The van der Waals surface area contributed by atoms with Gasteiger partial charge >= 0.3 is 0 Å². The highest BCUT2D eigenvalue weighted by atomic mass is 32.1. The molecule has 0 saturated carbocycles. The Morgan fingerprint density at radius 2 is 1.79 bits per heavy atom. The molecule has 0 unspecified atom stereocenters. The molecule has 0 fully saturated rings. The summed E-state index contributed by atoms with van der Waals surface area (Å²) in [4.78, 5) is 4.47. The van der Waals surface area contributed by atoms with E-state index in [0.717, 1.165) is 17.1 Å². The second-order valence-corrected chi connectivity index (χ2v) is 6.47. The topological polar surface area (TPSA) is 37.0 Å². The second kappa shape index (κ2) is 6.97. The van der Waals surface area contributed by atoms with E-state index >= 15 is 0 Å². The van der Waals surface area contributed by atoms with Gasteiger partial charge in [-0.15, -0.1) is 0 Å². The number of thiocarbonyl (C=S) groups is 1. The Bertz CT molecular complexity index is 863. The maximum atomic E-state index is 5.46. The summed E-state index contributed by atoms with van der Waals surface area (Å²) in [6, 6.07) is 18.9. The van der Waals surface area contributed by atoms with E-state index in [1.54, 1.807) is 0 Å². The van der Waals surface area contributed by atoms with Gasteiger partial charge in [0.1, 0.15) is 5.82 Å². The molecule has 3 aromatic rings. The molecule has 4 heteroatoms. The molecule has 0 saturated heterocycles. The van der Waals surface area contributed by atoms with Gasteiger partial charge in [-0.1, -0.05) is 42.5 Å². The van der Waals surface area contributed by atoms with Gasteiger partial charge in [0.2, 0.25) is 0 Å². The molecule has 0 amide bonds. The molecule has 1 atom stereocenters. The molecule has 0 aliphatic carbocycles. The number of hydrogen-bond acceptors (Lipinski definition) is 2. The van der Waals surface area contributed by atoms with E-state index in [2.05, 4.69) is 71.9 Å². The van der Waals surface area contributed by atoms with Crippen LogP contribution in [0.5, 0.6) is 0 Å². The maximum Gasteiger partial charge on any atom is 0.172 e. The summed E-state index contributed by atoms with van der Waals surface area (Å²) in [7, 11) is 0. The third-order valence-electron chi connectivity index (χ3n) is 3.98. The number of pyridine rings is 1. The van der Waals surface area contributed by atoms with Crippen molar-refractivity contribution in [3.05, 3.63) is 71.4 Å². The number of rotatable bonds is 3. The van der Waals surface area contributed by atoms with Crippen LogP contribution in [0, 0.1) is 13.8 Å². The van der Waals surface area contributed by atoms with Gasteiger partial charge in [-0.3, -0.25) is 0 Å². The zero-order chi connectivity index (χ0) is 17.1. The van der Waals surface area contributed by atoms with Crippen molar-refractivity contribution in [2.24, 2.45) is 0 Å². The average molecular weight is 335 g/mol. The molecule has 122 valence electrons. The first-order valence-electron chi connectivity index (χ1n) is 8.03. The Morgan fingerprint density at radius 1 is 1.04 bits per heavy atom. The van der Waals surface area contributed by atoms with Gasteiger partial charge in [-0.05, 0) is 67.0 Å². The van der Waals surface area contributed by atoms with Crippen LogP contribution in [-0.4, -0.2) is 10.1 Å². The van der Waals surface area contributed by atoms with Gasteiger partial charge in [0.05, 0.1) is 6.04 Å². The fourth-order valence-electron chi connectivity index (χ4n) is 2.96. The Labute approximate surface area is 148 Å². The number of anilines is 1. The highest BCUT2D eigenvalue weighted by Gasteiger charge is 2.11. The fourth-order valence-corrected chi connectivity index (χ4v) is 3.24. The largest absolute Gasteiger partial charge is 0.356 e. The van der Waals surface area contributed by atoms with Crippen molar-refractivity contribution in [3.63, 3.8) is 0 Å². The third-order valence-corrected chi connectivity index (χ3v) is 4.20. The number of nitrogens with one attached hydrogen (secondary N) is 2. The fraction of sp³-hybridized carbons (Fsp3) is 0.200. The van der Waals surface area contributed by atoms with Crippen LogP contribution in [0.25, 0.3) is 10.8 Å². The van der Waals surface area contributed by atoms with Crippen LogP contribution in [0.2, 0.25) is 0 Å². The first-order valence-corrected chi connectivity index (χ1v) is 8.44. The highest BCUT2D eigenvalue weighted by molar-refractivity contribution is 7.80. The Kier molecular flexibility index (Phi) is 4.76. The van der Waals surface area contributed by atoms with E-state index in [1.165, 1.54) is 16.3 Å². The lowest BCUT2D eigenvalue weighted by atomic mass is 10.00. The van der Waals surface area contributed by atoms with Crippen LogP contribution in [0.4, 0.5) is 5.82 Å². The molecule has 0 aliphatic rings. The lowest BCUT2D eigenvalue weighted by Crippen LogP contribution is -2.31. The summed E-state index contributed by atoms with van der Waals surface area (Å²) in [6.07, 6.45) is 0. The summed E-state index contributed by atoms with van der Waals surface area (Å²) >= 11 is 5.46. The summed E-state index contributed by atoms with van der Waals surface area (Å²) in [6.45, 7) is 6.15. The van der Waals surface area contributed by atoms with E-state index in [-0.39, 0.29) is 6.04 Å². The van der Waals surface area contributed by atoms with Crippen molar-refractivity contribution >= 4 is 33.9 Å². The average Bonchev–Trinajstić information content (AvgIpc) is 2.53. The van der Waals surface area contributed by atoms with Crippen LogP contribution >= 0.6 is 12.2 Å². The first-order chi connectivity index (χ1) is 11.5. The lowest BCUT2D eigenvalue weighted by molar-refractivity contribution is 0.728. The second-order valence-electron chi connectivity index (χ2n) is 6.06. The molecule has 0 bridgehead atoms. The number of aromatic nitrogens is 1. The number of aryl methyl sites for hydroxylation is 2. The van der Waals surface area contributed by atoms with Crippen molar-refractivity contribution in [3.8, 4) is 0 Å². The van der Waals surface area contributed by atoms with E-state index in [1.807, 2.05) is 19.1 Å². The van der Waals surface area contributed by atoms with E-state index < -0.39 is 0 Å². The van der Waals surface area contributed by atoms with Crippen molar-refractivity contribution in [2.75, 3.05) is 5.32 Å². The lowest BCUT2D eigenvalue weighted by Gasteiger charge is -2.19. The molecular formula is C20H21N3S. The molecule has 2 aromatic carbocycles. The normalized spacial score (nSPS) is 12.0. The van der Waals surface area contributed by atoms with Gasteiger partial charge in [-0.2, -0.15) is 0 Å². The van der Waals surface area contributed by atoms with Gasteiger partial charge in [0, 0.05) is 5.69 Å². The maximum absolute atomic E-state index is 5.46. The number of benzene rings is 2. The highest BCUT2D eigenvalue weighted by Crippen LogP contribution is 2.24. The standard InChI is InChI=1S/C20H21N3S/c1-13-11-14(2)21-19(12-13)23-20(24)22-15(3)17-10-6-8-16-7-4-5-9-18(16)17/h4-12,15H,1-3H3,(H2,21,22,23,24)/t15-/m0/s1. The van der Waals surface area contributed by atoms with Gasteiger partial charge < -0.3 is 10.6 Å². The first kappa shape index (κ1) is 16.4. The monoisotopic (exact) mass is 335 g/mol. The van der Waals surface area contributed by atoms with Gasteiger partial charge in [-0.25, -0.2) is 4.98 Å². The predicted octanol–water partition coefficient (Wildman–Crippen LogP) is 4.90. The van der Waals surface area contributed by atoms with Gasteiger partial charge in [0.15, 0.2) is 5.11 Å². The van der Waals surface area contributed by atoms with Crippen LogP contribution in [0.15, 0.2) is 54.6 Å². The third kappa shape index (κ3) is 3.71. The molecule has 1 aromatic heterocycles. The van der Waals surface area contributed by atoms with Crippen LogP contribution in [0.1, 0.15) is 29.8 Å². The van der Waals surface area contributed by atoms with Crippen molar-refractivity contribution < 1.29 is 0 Å². The zero-order valence-electron chi connectivity index (χ0n) is 14.1. The minimum atomic E-state index is 0.0991. The smallest absolute Gasteiger partial charge is 0.172 e. The predicted molar refractivity (Wildman–Crippen MR) is 105 cm³/mol. The summed E-state index contributed by atoms with van der Waals surface area (Å²) in [5, 5.41) is 9.59. The van der Waals surface area contributed by atoms with Crippen LogP contribution < -0.4 is 10.6 Å². The minimum Gasteiger partial charge on any atom is -0.356 e. The zero-order valence-corrected chi connectivity index (χ0v) is 14.9. The molecule has 2 N–H and O–H groups in total. The quantitative estimate of drug-likeness (QED) is 0.668. The molecule has 0 aliphatic heterocycles. The van der Waals surface area contributed by atoms with Crippen LogP contribution in [0.3, 0.4) is 0 Å². The molecule has 3 rings (SSSR count). The summed E-state index contributed by atoms with van der Waals surface area (Å²) in [5.74, 6) is 0.773. The minimum absolute atomic E-state index is 0.0991. The molecule has 24 heavy (non-hydrogen) atoms. The Balaban J connectivity index is 1.76. The number of hydrogen-bond donors (Lipinski definition) is 2. The Morgan fingerprint density at radius 3 is 2.58 bits per heavy atom. The molecule has 1 heterocycles. The molecular weight excluding hydrogens is 314 g/mol. The molecule has 0 spiro atoms. The van der Waals surface area contributed by atoms with Crippen molar-refractivity contribution in [1.82, 2.24) is 10.3 Å². The molecule has 3 nitrogen and oxygen atoms in total. The van der Waals surface area contributed by atoms with Crippen molar-refractivity contribution in [2.45, 2.75) is 26.8 Å². The SMILES string of the molecule is Cc1cc(C)nc(NC(=S)N[C@@H](C)c2cccc3ccccc23)c1. The number of nitrogens with zero attached hydrogens (tertiary/aromatic N) is 1. The van der Waals surface area contributed by atoms with Crippen molar-refractivity contribution in [1.29, 1.82) is 0 Å². The van der Waals surface area contributed by atoms with E-state index in [0.29, 0.717) is 5.11 Å².